The van der Waals surface area contributed by atoms with Gasteiger partial charge < -0.3 is 66.1 Å². The van der Waals surface area contributed by atoms with Gasteiger partial charge in [-0.05, 0) is 74.1 Å². The molecule has 1 aromatic heterocycles. The van der Waals surface area contributed by atoms with Gasteiger partial charge in [-0.25, -0.2) is 18.5 Å². The van der Waals surface area contributed by atoms with Gasteiger partial charge >= 0.3 is 41.1 Å². The minimum absolute atomic E-state index is 0.000675. The maximum absolute atomic E-state index is 14.4. The highest BCUT2D eigenvalue weighted by molar-refractivity contribution is 8.76. The van der Waals surface area contributed by atoms with Crippen LogP contribution in [0.5, 0.6) is 11.5 Å². The second-order valence-electron chi connectivity index (χ2n) is 25.3. The minimum Gasteiger partial charge on any atom is -0.481 e. The van der Waals surface area contributed by atoms with Crippen LogP contribution in [0, 0.1) is 17.8 Å². The lowest BCUT2D eigenvalue weighted by Crippen LogP contribution is -2.52. The molecule has 4 aliphatic heterocycles. The number of carboxylic acid groups (broad SMARTS) is 2. The summed E-state index contributed by atoms with van der Waals surface area (Å²) in [5.74, 6) is -2.19. The number of carbonyl (C=O) groups excluding carboxylic acids is 4. The number of carbonyl (C=O) groups is 6. The zero-order valence-corrected chi connectivity index (χ0v) is 61.3. The van der Waals surface area contributed by atoms with Gasteiger partial charge in [-0.2, -0.15) is 30.4 Å². The third-order valence-electron chi connectivity index (χ3n) is 17.7. The lowest BCUT2D eigenvalue weighted by molar-refractivity contribution is -0.144. The van der Waals surface area contributed by atoms with Crippen molar-refractivity contribution in [1.82, 2.24) is 20.2 Å². The van der Waals surface area contributed by atoms with Crippen LogP contribution in [0.25, 0.3) is 5.57 Å². The van der Waals surface area contributed by atoms with Gasteiger partial charge in [0.05, 0.1) is 53.7 Å². The van der Waals surface area contributed by atoms with Crippen molar-refractivity contribution < 1.29 is 126 Å². The number of aromatic nitrogens is 2. The van der Waals surface area contributed by atoms with Crippen LogP contribution in [0.3, 0.4) is 0 Å². The van der Waals surface area contributed by atoms with E-state index < -0.39 is 179 Å². The number of benzene rings is 3. The van der Waals surface area contributed by atoms with E-state index in [0.29, 0.717) is 22.6 Å². The number of phosphoric ester groups is 1. The summed E-state index contributed by atoms with van der Waals surface area (Å²) >= 11 is 0. The Balaban J connectivity index is 0.957. The summed E-state index contributed by atoms with van der Waals surface area (Å²) in [4.78, 5) is 135. The van der Waals surface area contributed by atoms with Crippen molar-refractivity contribution in [3.05, 3.63) is 97.0 Å². The van der Waals surface area contributed by atoms with Crippen molar-refractivity contribution in [3.63, 3.8) is 0 Å². The largest absolute Gasteiger partial charge is 0.490 e. The fourth-order valence-electron chi connectivity index (χ4n) is 11.5. The van der Waals surface area contributed by atoms with Crippen molar-refractivity contribution in [2.24, 2.45) is 10.9 Å². The van der Waals surface area contributed by atoms with Gasteiger partial charge in [0.25, 0.3) is 26.1 Å². The van der Waals surface area contributed by atoms with E-state index in [1.807, 2.05) is 27.7 Å². The summed E-state index contributed by atoms with van der Waals surface area (Å²) in [6.45, 7) is 11.4. The maximum atomic E-state index is 14.4. The fourth-order valence-corrected chi connectivity index (χ4v) is 18.3. The van der Waals surface area contributed by atoms with Crippen LogP contribution in [0.4, 0.5) is 11.5 Å². The lowest BCUT2D eigenvalue weighted by Gasteiger charge is -2.29. The van der Waals surface area contributed by atoms with E-state index in [1.54, 1.807) is 26.0 Å². The second-order valence-corrected chi connectivity index (χ2v) is 35.2. The number of nitrogens with zero attached hydrogens (tertiary/aromatic N) is 3. The van der Waals surface area contributed by atoms with Gasteiger partial charge in [0.2, 0.25) is 5.91 Å². The van der Waals surface area contributed by atoms with Crippen LogP contribution >= 0.6 is 45.1 Å². The van der Waals surface area contributed by atoms with Crippen molar-refractivity contribution >= 4 is 118 Å². The molecule has 0 radical (unpaired) electrons. The number of amides is 2. The molecule has 1 fully saturated rings. The topological polar surface area (TPSA) is 559 Å². The third kappa shape index (κ3) is 19.0. The normalized spacial score (nSPS) is 20.7. The molecule has 0 aliphatic carbocycles. The SMILES string of the molecule is CCC(CC(=O)C(CC(=O)O)NC(=O)C(CCCSSCCC(=O)CCC#Cc1cn([C@H]2CC(O)[C@@H](COP(=O)(O)OP(=O)(O)OP(=O)(O)O)O2)c(=O)nc1N)NC(=O)c1ccc(C2=c3cc4c(c(S(=O)(=O)O)c3Oc3c2cc2c(c3S(=O)(=O)O)NC(C)C2(C)C)=NC(C)C4(C)C)cc1)C(=O)O. The number of rotatable bonds is 32. The number of aliphatic hydroxyl groups excluding tert-OH is 1. The molecular formula is C60H74N7O28P3S4. The molecule has 10 atom stereocenters. The molecule has 0 saturated carbocycles. The summed E-state index contributed by atoms with van der Waals surface area (Å²) in [6.07, 6.45) is -4.88. The smallest absolute Gasteiger partial charge is 0.481 e. The quantitative estimate of drug-likeness (QED) is 0.00946. The van der Waals surface area contributed by atoms with E-state index in [1.165, 1.54) is 52.8 Å². The number of aliphatic carboxylic acids is 2. The molecular weight excluding hydrogens is 1490 g/mol. The summed E-state index contributed by atoms with van der Waals surface area (Å²) in [7, 11) is -24.9. The van der Waals surface area contributed by atoms with E-state index in [2.05, 4.69) is 50.9 Å². The summed E-state index contributed by atoms with van der Waals surface area (Å²) in [5, 5.41) is 38.1. The number of nitrogen functional groups attached to an aromatic ring is 1. The molecule has 2 amide bonds. The first kappa shape index (κ1) is 80.9. The average molecular weight is 1560 g/mol. The van der Waals surface area contributed by atoms with E-state index in [-0.39, 0.29) is 101 Å². The standard InChI is InChI=1S/C60H74N7O28P3S4/c1-8-31(57(75)76)22-42(69)41(25-46(71)72)65-56(74)40(14-11-20-99-100-21-19-35(68)13-10-9-12-34-27-67(58(77)66-54(34)61)45-26-43(70)44(92-45)28-91-97(81,82)95-98(83,84)94-96(78,79)80)64-55(73)33-17-15-32(16-18-33)47-36-23-38-48(62-29(2)59(38,4)5)52(101(85,86)87)50(36)93-51-37(47)24-39-49(53(51)102(88,89)90)63-30(3)60(39,6)7/h15-18,23-24,27,29-31,40-41,43-45,62,70H,8,10-11,13-14,19-22,25-26,28H2,1-7H3,(H,64,73)(H,65,74)(H,71,72)(H,75,76)(H,81,82)(H,83,84)(H2,61,66,77)(H2,78,79,80)(H,85,86,87)(H,88,89,90)/t29?,30?,31?,40?,41?,43?,44-,45-/m1/s1. The van der Waals surface area contributed by atoms with Crippen molar-refractivity contribution in [2.45, 2.75) is 169 Å². The first-order valence-corrected chi connectivity index (χ1v) is 41.0. The number of fused-ring (bicyclic) bond motifs is 4. The highest BCUT2D eigenvalue weighted by atomic mass is 33.1. The number of Topliss-reactive ketones (excluding diaryl/α,β-unsaturated/α-hetero) is 2. The van der Waals surface area contributed by atoms with Gasteiger partial charge in [0, 0.05) is 88.6 Å². The highest BCUT2D eigenvalue weighted by Crippen LogP contribution is 2.66. The number of ether oxygens (including phenoxy) is 2. The maximum Gasteiger partial charge on any atom is 0.490 e. The molecule has 8 rings (SSSR count). The van der Waals surface area contributed by atoms with Crippen LogP contribution in [-0.2, 0) is 86.6 Å². The average Bonchev–Trinajstić information content (AvgIpc) is 1.37. The zero-order chi connectivity index (χ0) is 75.7. The van der Waals surface area contributed by atoms with Gasteiger partial charge in [-0.15, -0.1) is 0 Å². The number of anilines is 2. The Bertz CT molecular complexity index is 4710. The Labute approximate surface area is 590 Å². The van der Waals surface area contributed by atoms with E-state index in [4.69, 9.17) is 25.0 Å². The molecule has 102 heavy (non-hydrogen) atoms. The predicted molar refractivity (Wildman–Crippen MR) is 364 cm³/mol. The number of ketones is 2. The van der Waals surface area contributed by atoms with Gasteiger partial charge in [0.15, 0.2) is 27.1 Å². The summed E-state index contributed by atoms with van der Waals surface area (Å²) in [5.41, 5.74) is 4.58. The number of carboxylic acids is 2. The molecule has 5 heterocycles. The summed E-state index contributed by atoms with van der Waals surface area (Å²) in [6, 6.07) is 4.76. The van der Waals surface area contributed by atoms with Crippen molar-refractivity contribution in [2.75, 3.05) is 29.2 Å². The van der Waals surface area contributed by atoms with E-state index in [9.17, 15) is 98.3 Å². The van der Waals surface area contributed by atoms with Crippen molar-refractivity contribution in [3.8, 4) is 23.3 Å². The second kappa shape index (κ2) is 31.5. The Morgan fingerprint density at radius 3 is 2.14 bits per heavy atom. The number of phosphoric acid groups is 3. The van der Waals surface area contributed by atoms with Crippen LogP contribution in [0.1, 0.15) is 151 Å². The predicted octanol–water partition coefficient (Wildman–Crippen LogP) is 4.14. The minimum atomic E-state index is -5.84. The monoisotopic (exact) mass is 1560 g/mol. The molecule has 1 saturated heterocycles. The number of hydrogen-bond donors (Lipinski definition) is 13. The van der Waals surface area contributed by atoms with Gasteiger partial charge in [-0.1, -0.05) is 80.2 Å². The highest BCUT2D eigenvalue weighted by Gasteiger charge is 2.47. The molecule has 14 N–H and O–H groups in total. The molecule has 4 aromatic rings. The molecule has 8 unspecified atom stereocenters. The Kier molecular flexibility index (Phi) is 25.0. The number of aliphatic hydroxyl groups is 1. The molecule has 35 nitrogen and oxygen atoms in total. The first-order valence-electron chi connectivity index (χ1n) is 31.1. The molecule has 42 heteroatoms. The van der Waals surface area contributed by atoms with Gasteiger partial charge in [-0.3, -0.25) is 52.0 Å². The molecule has 0 spiro atoms. The zero-order valence-electron chi connectivity index (χ0n) is 55.3. The Morgan fingerprint density at radius 2 is 1.52 bits per heavy atom. The van der Waals surface area contributed by atoms with Crippen LogP contribution in [0.2, 0.25) is 0 Å². The molecule has 0 bridgehead atoms. The lowest BCUT2D eigenvalue weighted by atomic mass is 9.78. The van der Waals surface area contributed by atoms with Gasteiger partial charge in [0.1, 0.15) is 30.0 Å². The first-order chi connectivity index (χ1) is 47.2. The van der Waals surface area contributed by atoms with Crippen molar-refractivity contribution in [1.29, 1.82) is 0 Å². The number of nitrogens with two attached hydrogens (primary N) is 1. The molecule has 556 valence electrons. The van der Waals surface area contributed by atoms with E-state index in [0.717, 1.165) is 10.8 Å². The Hall–Kier alpha value is -6.76. The fraction of sp³-hybridized carbons (Fsp3) is 0.483. The van der Waals surface area contributed by atoms with Crippen LogP contribution < -0.4 is 42.7 Å². The van der Waals surface area contributed by atoms with Crippen LogP contribution in [-0.4, -0.2) is 160 Å². The molecule has 3 aromatic carbocycles. The van der Waals surface area contributed by atoms with E-state index >= 15 is 0 Å². The summed E-state index contributed by atoms with van der Waals surface area (Å²) < 4.78 is 136. The number of nitrogens with one attached hydrogen (secondary N) is 3. The Morgan fingerprint density at radius 1 is 0.863 bits per heavy atom. The number of hydrogen-bond acceptors (Lipinski definition) is 26. The molecule has 4 aliphatic rings. The third-order valence-corrected chi connectivity index (χ3v) is 25.8. The van der Waals surface area contributed by atoms with Crippen LogP contribution in [0.15, 0.2) is 62.2 Å².